The van der Waals surface area contributed by atoms with Crippen molar-refractivity contribution < 1.29 is 19.8 Å². The molecule has 0 bridgehead atoms. The Bertz CT molecular complexity index is 263. The maximum absolute atomic E-state index is 10.5. The molecular formula is C9H12O4. The molecule has 0 aliphatic carbocycles. The van der Waals surface area contributed by atoms with Crippen LogP contribution in [-0.2, 0) is 9.59 Å². The monoisotopic (exact) mass is 184 g/mol. The van der Waals surface area contributed by atoms with E-state index in [1.165, 1.54) is 0 Å². The maximum Gasteiger partial charge on any atom is 0.335 e. The molecule has 0 aromatic rings. The Morgan fingerprint density at radius 1 is 1.31 bits per heavy atom. The van der Waals surface area contributed by atoms with Gasteiger partial charge < -0.3 is 10.2 Å². The summed E-state index contributed by atoms with van der Waals surface area (Å²) < 4.78 is 0. The van der Waals surface area contributed by atoms with E-state index in [1.807, 2.05) is 6.92 Å². The summed E-state index contributed by atoms with van der Waals surface area (Å²) in [6, 6.07) is 0. The molecule has 4 heteroatoms. The van der Waals surface area contributed by atoms with E-state index < -0.39 is 11.9 Å². The van der Waals surface area contributed by atoms with Crippen molar-refractivity contribution in [2.24, 2.45) is 0 Å². The lowest BCUT2D eigenvalue weighted by atomic mass is 10.1. The van der Waals surface area contributed by atoms with Gasteiger partial charge in [-0.3, -0.25) is 0 Å². The summed E-state index contributed by atoms with van der Waals surface area (Å²) in [7, 11) is 0. The first-order valence-corrected chi connectivity index (χ1v) is 3.85. The number of carboxylic acids is 2. The third-order valence-electron chi connectivity index (χ3n) is 1.42. The van der Waals surface area contributed by atoms with E-state index in [0.717, 1.165) is 6.08 Å². The zero-order chi connectivity index (χ0) is 10.4. The first-order valence-electron chi connectivity index (χ1n) is 3.85. The first kappa shape index (κ1) is 11.4. The van der Waals surface area contributed by atoms with Crippen LogP contribution in [0.1, 0.15) is 19.8 Å². The molecule has 72 valence electrons. The second-order valence-corrected chi connectivity index (χ2v) is 2.56. The van der Waals surface area contributed by atoms with Gasteiger partial charge in [0, 0.05) is 5.57 Å². The highest BCUT2D eigenvalue weighted by Gasteiger charge is 2.08. The van der Waals surface area contributed by atoms with Gasteiger partial charge in [0.05, 0.1) is 5.57 Å². The average molecular weight is 184 g/mol. The Morgan fingerprint density at radius 3 is 2.15 bits per heavy atom. The summed E-state index contributed by atoms with van der Waals surface area (Å²) >= 11 is 0. The Morgan fingerprint density at radius 2 is 1.85 bits per heavy atom. The standard InChI is InChI=1S/C9H12O4/c1-3-4-7(9(12)13)5-6(2)8(10)11/h5H,2-4H2,1H3,(H,10,11)(H,12,13). The van der Waals surface area contributed by atoms with Crippen molar-refractivity contribution in [3.63, 3.8) is 0 Å². The minimum absolute atomic E-state index is 0.0786. The van der Waals surface area contributed by atoms with Gasteiger partial charge in [-0.2, -0.15) is 0 Å². The molecule has 13 heavy (non-hydrogen) atoms. The number of aliphatic carboxylic acids is 2. The fourth-order valence-corrected chi connectivity index (χ4v) is 0.782. The maximum atomic E-state index is 10.5. The topological polar surface area (TPSA) is 74.6 Å². The van der Waals surface area contributed by atoms with E-state index in [1.54, 1.807) is 0 Å². The van der Waals surface area contributed by atoms with Crippen LogP contribution >= 0.6 is 0 Å². The third kappa shape index (κ3) is 4.10. The molecule has 0 saturated heterocycles. The van der Waals surface area contributed by atoms with Crippen molar-refractivity contribution in [3.05, 3.63) is 23.8 Å². The molecule has 0 unspecified atom stereocenters. The molecule has 0 aromatic carbocycles. The number of hydrogen-bond donors (Lipinski definition) is 2. The zero-order valence-corrected chi connectivity index (χ0v) is 7.41. The molecule has 2 N–H and O–H groups in total. The number of hydrogen-bond acceptors (Lipinski definition) is 2. The van der Waals surface area contributed by atoms with Crippen LogP contribution in [0.25, 0.3) is 0 Å². The Kier molecular flexibility index (Phi) is 4.51. The minimum Gasteiger partial charge on any atom is -0.478 e. The highest BCUT2D eigenvalue weighted by molar-refractivity contribution is 5.94. The molecule has 0 saturated carbocycles. The van der Waals surface area contributed by atoms with Gasteiger partial charge in [0.25, 0.3) is 0 Å². The molecule has 0 rings (SSSR count). The minimum atomic E-state index is -1.20. The lowest BCUT2D eigenvalue weighted by Gasteiger charge is -1.99. The molecule has 0 amide bonds. The summed E-state index contributed by atoms with van der Waals surface area (Å²) in [5, 5.41) is 17.1. The van der Waals surface area contributed by atoms with E-state index in [0.29, 0.717) is 12.8 Å². The fourth-order valence-electron chi connectivity index (χ4n) is 0.782. The van der Waals surface area contributed by atoms with Gasteiger partial charge in [-0.05, 0) is 12.5 Å². The van der Waals surface area contributed by atoms with Crippen molar-refractivity contribution in [2.45, 2.75) is 19.8 Å². The Hall–Kier alpha value is -1.58. The predicted octanol–water partition coefficient (Wildman–Crippen LogP) is 1.44. The Balaban J connectivity index is 4.62. The summed E-state index contributed by atoms with van der Waals surface area (Å²) in [4.78, 5) is 20.9. The average Bonchev–Trinajstić information content (AvgIpc) is 2.03. The summed E-state index contributed by atoms with van der Waals surface area (Å²) in [5.74, 6) is -2.29. The smallest absolute Gasteiger partial charge is 0.335 e. The van der Waals surface area contributed by atoms with Crippen LogP contribution in [0.15, 0.2) is 23.8 Å². The molecule has 0 aromatic heterocycles. The molecule has 0 aliphatic rings. The van der Waals surface area contributed by atoms with Crippen molar-refractivity contribution in [1.29, 1.82) is 0 Å². The fraction of sp³-hybridized carbons (Fsp3) is 0.333. The third-order valence-corrected chi connectivity index (χ3v) is 1.42. The van der Waals surface area contributed by atoms with Crippen molar-refractivity contribution >= 4 is 11.9 Å². The van der Waals surface area contributed by atoms with Gasteiger partial charge in [-0.25, -0.2) is 9.59 Å². The van der Waals surface area contributed by atoms with Gasteiger partial charge in [0.1, 0.15) is 0 Å². The van der Waals surface area contributed by atoms with Crippen molar-refractivity contribution in [2.75, 3.05) is 0 Å². The summed E-state index contributed by atoms with van der Waals surface area (Å²) in [6.07, 6.45) is 2.10. The normalized spacial score (nSPS) is 11.0. The highest BCUT2D eigenvalue weighted by atomic mass is 16.4. The van der Waals surface area contributed by atoms with Gasteiger partial charge in [0.2, 0.25) is 0 Å². The number of rotatable bonds is 5. The summed E-state index contributed by atoms with van der Waals surface area (Å²) in [5.41, 5.74) is -0.124. The SMILES string of the molecule is C=C(C=C(CCC)C(=O)O)C(=O)O. The van der Waals surface area contributed by atoms with Crippen LogP contribution in [0.2, 0.25) is 0 Å². The van der Waals surface area contributed by atoms with Crippen molar-refractivity contribution in [1.82, 2.24) is 0 Å². The van der Waals surface area contributed by atoms with Gasteiger partial charge in [-0.15, -0.1) is 0 Å². The molecule has 0 heterocycles. The molecule has 0 aliphatic heterocycles. The molecule has 4 nitrogen and oxygen atoms in total. The van der Waals surface area contributed by atoms with Gasteiger partial charge in [0.15, 0.2) is 0 Å². The molecule has 0 atom stereocenters. The number of carboxylic acid groups (broad SMARTS) is 2. The van der Waals surface area contributed by atoms with E-state index >= 15 is 0 Å². The van der Waals surface area contributed by atoms with Gasteiger partial charge in [-0.1, -0.05) is 19.9 Å². The van der Waals surface area contributed by atoms with E-state index in [-0.39, 0.29) is 11.1 Å². The quantitative estimate of drug-likeness (QED) is 0.500. The van der Waals surface area contributed by atoms with Crippen LogP contribution in [0.5, 0.6) is 0 Å². The van der Waals surface area contributed by atoms with E-state index in [2.05, 4.69) is 6.58 Å². The van der Waals surface area contributed by atoms with Crippen LogP contribution in [0.4, 0.5) is 0 Å². The lowest BCUT2D eigenvalue weighted by molar-refractivity contribution is -0.133. The summed E-state index contributed by atoms with van der Waals surface area (Å²) in [6.45, 7) is 5.04. The van der Waals surface area contributed by atoms with Crippen LogP contribution < -0.4 is 0 Å². The predicted molar refractivity (Wildman–Crippen MR) is 47.4 cm³/mol. The molecule has 0 fully saturated rings. The molecule has 0 radical (unpaired) electrons. The van der Waals surface area contributed by atoms with Crippen LogP contribution in [0, 0.1) is 0 Å². The van der Waals surface area contributed by atoms with Crippen molar-refractivity contribution in [3.8, 4) is 0 Å². The van der Waals surface area contributed by atoms with E-state index in [4.69, 9.17) is 10.2 Å². The molecular weight excluding hydrogens is 172 g/mol. The van der Waals surface area contributed by atoms with Crippen LogP contribution in [-0.4, -0.2) is 22.2 Å². The van der Waals surface area contributed by atoms with Crippen LogP contribution in [0.3, 0.4) is 0 Å². The zero-order valence-electron chi connectivity index (χ0n) is 7.41. The van der Waals surface area contributed by atoms with E-state index in [9.17, 15) is 9.59 Å². The second kappa shape index (κ2) is 5.13. The Labute approximate surface area is 76.2 Å². The highest BCUT2D eigenvalue weighted by Crippen LogP contribution is 2.08. The first-order chi connectivity index (χ1) is 5.99. The second-order valence-electron chi connectivity index (χ2n) is 2.56. The largest absolute Gasteiger partial charge is 0.478 e. The van der Waals surface area contributed by atoms with Gasteiger partial charge >= 0.3 is 11.9 Å². The number of carbonyl (C=O) groups is 2. The molecule has 0 spiro atoms. The lowest BCUT2D eigenvalue weighted by Crippen LogP contribution is -2.03.